The van der Waals surface area contributed by atoms with Crippen LogP contribution in [0.5, 0.6) is 11.5 Å². The molecule has 0 radical (unpaired) electrons. The van der Waals surface area contributed by atoms with Crippen LogP contribution in [0.15, 0.2) is 24.4 Å². The molecule has 29 heavy (non-hydrogen) atoms. The average Bonchev–Trinajstić information content (AvgIpc) is 3.43. The molecule has 8 nitrogen and oxygen atoms in total. The van der Waals surface area contributed by atoms with E-state index >= 15 is 0 Å². The molecule has 0 aliphatic carbocycles. The number of benzene rings is 1. The van der Waals surface area contributed by atoms with Gasteiger partial charge >= 0.3 is 0 Å². The van der Waals surface area contributed by atoms with Crippen molar-refractivity contribution in [3.63, 3.8) is 0 Å². The van der Waals surface area contributed by atoms with Gasteiger partial charge in [-0.05, 0) is 31.0 Å². The number of hydrogen-bond acceptors (Lipinski definition) is 6. The summed E-state index contributed by atoms with van der Waals surface area (Å²) in [5.74, 6) is 3.16. The van der Waals surface area contributed by atoms with Gasteiger partial charge in [0.15, 0.2) is 17.3 Å². The van der Waals surface area contributed by atoms with Crippen molar-refractivity contribution in [3.05, 3.63) is 52.9 Å². The number of aromatic nitrogens is 5. The molecule has 1 fully saturated rings. The van der Waals surface area contributed by atoms with Crippen molar-refractivity contribution in [1.29, 1.82) is 0 Å². The highest BCUT2D eigenvalue weighted by molar-refractivity contribution is 5.43. The molecular weight excluding hydrogens is 370 g/mol. The van der Waals surface area contributed by atoms with Crippen LogP contribution in [0.25, 0.3) is 0 Å². The van der Waals surface area contributed by atoms with Crippen molar-refractivity contribution in [2.45, 2.75) is 32.2 Å². The molecule has 2 aromatic heterocycles. The Balaban J connectivity index is 1.63. The quantitative estimate of drug-likeness (QED) is 0.610. The van der Waals surface area contributed by atoms with Crippen molar-refractivity contribution >= 4 is 0 Å². The van der Waals surface area contributed by atoms with Gasteiger partial charge in [0.1, 0.15) is 5.82 Å². The van der Waals surface area contributed by atoms with Gasteiger partial charge in [-0.3, -0.25) is 4.68 Å². The fourth-order valence-electron chi connectivity index (χ4n) is 3.77. The van der Waals surface area contributed by atoms with Crippen LogP contribution in [0, 0.1) is 6.92 Å². The maximum absolute atomic E-state index is 5.59. The first-order valence-electron chi connectivity index (χ1n) is 9.79. The van der Waals surface area contributed by atoms with Crippen LogP contribution < -0.4 is 9.47 Å². The van der Waals surface area contributed by atoms with Gasteiger partial charge in [0.25, 0.3) is 0 Å². The van der Waals surface area contributed by atoms with E-state index in [1.165, 1.54) is 0 Å². The van der Waals surface area contributed by atoms with Crippen molar-refractivity contribution in [2.24, 2.45) is 7.05 Å². The topological polar surface area (TPSA) is 76.2 Å². The molecule has 3 aromatic rings. The molecular formula is C21H27N5O3. The zero-order chi connectivity index (χ0) is 20.4. The molecule has 1 saturated heterocycles. The molecule has 0 saturated carbocycles. The monoisotopic (exact) mass is 397 g/mol. The largest absolute Gasteiger partial charge is 0.493 e. The Bertz CT molecular complexity index is 988. The Morgan fingerprint density at radius 2 is 1.97 bits per heavy atom. The van der Waals surface area contributed by atoms with Crippen LogP contribution in [0.4, 0.5) is 0 Å². The molecule has 4 rings (SSSR count). The highest BCUT2D eigenvalue weighted by Crippen LogP contribution is 2.29. The minimum absolute atomic E-state index is 0.230. The van der Waals surface area contributed by atoms with Gasteiger partial charge in [-0.15, -0.1) is 0 Å². The maximum Gasteiger partial charge on any atom is 0.161 e. The predicted molar refractivity (Wildman–Crippen MR) is 108 cm³/mol. The molecule has 1 atom stereocenters. The van der Waals surface area contributed by atoms with Gasteiger partial charge in [-0.2, -0.15) is 10.2 Å². The Morgan fingerprint density at radius 1 is 1.14 bits per heavy atom. The number of rotatable bonds is 7. The average molecular weight is 397 g/mol. The van der Waals surface area contributed by atoms with Gasteiger partial charge in [0.2, 0.25) is 0 Å². The molecule has 1 aromatic carbocycles. The van der Waals surface area contributed by atoms with Gasteiger partial charge in [-0.1, -0.05) is 6.07 Å². The lowest BCUT2D eigenvalue weighted by molar-refractivity contribution is 0.184. The molecule has 3 heterocycles. The lowest BCUT2D eigenvalue weighted by Crippen LogP contribution is -2.14. The Morgan fingerprint density at radius 3 is 2.62 bits per heavy atom. The second-order valence-corrected chi connectivity index (χ2v) is 7.36. The Labute approximate surface area is 170 Å². The normalized spacial score (nSPS) is 16.3. The Kier molecular flexibility index (Phi) is 5.53. The van der Waals surface area contributed by atoms with Crippen LogP contribution >= 0.6 is 0 Å². The van der Waals surface area contributed by atoms with Crippen molar-refractivity contribution in [2.75, 3.05) is 27.4 Å². The summed E-state index contributed by atoms with van der Waals surface area (Å²) in [7, 11) is 5.22. The van der Waals surface area contributed by atoms with Crippen LogP contribution in [0.1, 0.15) is 40.9 Å². The molecule has 1 aliphatic rings. The van der Waals surface area contributed by atoms with E-state index in [-0.39, 0.29) is 6.04 Å². The number of nitrogens with zero attached hydrogens (tertiary/aromatic N) is 5. The molecule has 8 heteroatoms. The third kappa shape index (κ3) is 4.12. The lowest BCUT2D eigenvalue weighted by Gasteiger charge is -2.11. The summed E-state index contributed by atoms with van der Waals surface area (Å²) in [5, 5.41) is 9.30. The van der Waals surface area contributed by atoms with Crippen LogP contribution in [-0.2, 0) is 24.6 Å². The lowest BCUT2D eigenvalue weighted by atomic mass is 10.1. The van der Waals surface area contributed by atoms with Crippen molar-refractivity contribution in [1.82, 2.24) is 24.5 Å². The van der Waals surface area contributed by atoms with E-state index in [1.807, 2.05) is 43.0 Å². The maximum atomic E-state index is 5.59. The van der Waals surface area contributed by atoms with Gasteiger partial charge < -0.3 is 14.2 Å². The first-order chi connectivity index (χ1) is 14.1. The van der Waals surface area contributed by atoms with Crippen LogP contribution in [0.3, 0.4) is 0 Å². The molecule has 0 bridgehead atoms. The van der Waals surface area contributed by atoms with Gasteiger partial charge in [-0.25, -0.2) is 9.67 Å². The second kappa shape index (κ2) is 8.24. The van der Waals surface area contributed by atoms with Crippen molar-refractivity contribution < 1.29 is 14.2 Å². The summed E-state index contributed by atoms with van der Waals surface area (Å²) < 4.78 is 20.2. The second-order valence-electron chi connectivity index (χ2n) is 7.36. The third-order valence-corrected chi connectivity index (χ3v) is 5.27. The van der Waals surface area contributed by atoms with E-state index in [2.05, 4.69) is 9.78 Å². The first-order valence-corrected chi connectivity index (χ1v) is 9.79. The van der Waals surface area contributed by atoms with Gasteiger partial charge in [0, 0.05) is 38.3 Å². The number of methoxy groups -OCH3 is 2. The summed E-state index contributed by atoms with van der Waals surface area (Å²) in [6.45, 7) is 3.47. The van der Waals surface area contributed by atoms with E-state index in [4.69, 9.17) is 24.3 Å². The minimum Gasteiger partial charge on any atom is -0.493 e. The van der Waals surface area contributed by atoms with E-state index in [1.54, 1.807) is 14.2 Å². The third-order valence-electron chi connectivity index (χ3n) is 5.27. The van der Waals surface area contributed by atoms with Gasteiger partial charge in [0.05, 0.1) is 32.6 Å². The number of hydrogen-bond donors (Lipinski definition) is 0. The van der Waals surface area contributed by atoms with E-state index < -0.39 is 0 Å². The highest BCUT2D eigenvalue weighted by Gasteiger charge is 2.24. The highest BCUT2D eigenvalue weighted by atomic mass is 16.5. The van der Waals surface area contributed by atoms with E-state index in [9.17, 15) is 0 Å². The fourth-order valence-corrected chi connectivity index (χ4v) is 3.77. The molecule has 0 amide bonds. The smallest absolute Gasteiger partial charge is 0.161 e. The molecule has 1 aliphatic heterocycles. The summed E-state index contributed by atoms with van der Waals surface area (Å²) >= 11 is 0. The molecule has 0 spiro atoms. The van der Waals surface area contributed by atoms with E-state index in [0.717, 1.165) is 41.5 Å². The van der Waals surface area contributed by atoms with Crippen LogP contribution in [0.2, 0.25) is 0 Å². The first kappa shape index (κ1) is 19.4. The van der Waals surface area contributed by atoms with E-state index in [0.29, 0.717) is 30.9 Å². The predicted octanol–water partition coefficient (Wildman–Crippen LogP) is 2.48. The standard InChI is InChI=1S/C21H27N5O3/c1-14-16(12-25(2)23-14)11-21-22-20(24-26(21)17-7-8-29-13-17)10-15-5-6-18(27-3)19(9-15)28-4/h5-6,9,12,17H,7-8,10-11,13H2,1-4H3. The SMILES string of the molecule is COc1ccc(Cc2nc(Cc3cn(C)nc3C)n(C3CCOC3)n2)cc1OC. The molecule has 1 unspecified atom stereocenters. The number of ether oxygens (including phenoxy) is 3. The summed E-state index contributed by atoms with van der Waals surface area (Å²) in [6, 6.07) is 6.14. The molecule has 154 valence electrons. The van der Waals surface area contributed by atoms with Crippen LogP contribution in [-0.4, -0.2) is 52.0 Å². The van der Waals surface area contributed by atoms with Crippen molar-refractivity contribution in [3.8, 4) is 11.5 Å². The zero-order valence-corrected chi connectivity index (χ0v) is 17.4. The summed E-state index contributed by atoms with van der Waals surface area (Å²) in [4.78, 5) is 4.88. The number of aryl methyl sites for hydroxylation is 2. The summed E-state index contributed by atoms with van der Waals surface area (Å²) in [6.07, 6.45) is 4.33. The minimum atomic E-state index is 0.230. The fraction of sp³-hybridized carbons (Fsp3) is 0.476. The zero-order valence-electron chi connectivity index (χ0n) is 17.4. The summed E-state index contributed by atoms with van der Waals surface area (Å²) in [5.41, 5.74) is 3.26. The Hall–Kier alpha value is -2.87. The molecule has 0 N–H and O–H groups in total.